The van der Waals surface area contributed by atoms with E-state index in [4.69, 9.17) is 0 Å². The zero-order valence-electron chi connectivity index (χ0n) is 11.0. The van der Waals surface area contributed by atoms with E-state index < -0.39 is 0 Å². The summed E-state index contributed by atoms with van der Waals surface area (Å²) < 4.78 is 2.15. The molecule has 0 aliphatic heterocycles. The first-order chi connectivity index (χ1) is 8.86. The number of hydrogen-bond acceptors (Lipinski definition) is 3. The Kier molecular flexibility index (Phi) is 4.47. The Morgan fingerprint density at radius 1 is 1.22 bits per heavy atom. The van der Waals surface area contributed by atoms with E-state index in [9.17, 15) is 0 Å². The predicted molar refractivity (Wildman–Crippen MR) is 72.3 cm³/mol. The van der Waals surface area contributed by atoms with Gasteiger partial charge >= 0.3 is 0 Å². The van der Waals surface area contributed by atoms with Crippen molar-refractivity contribution in [1.29, 1.82) is 0 Å². The monoisotopic (exact) mass is 244 g/mol. The standard InChI is InChI=1S/C14H20N4/c1-3-8-16-13(12-7-5-6-9-15-12)14-17-10-11-18(14)4-2/h5-7,9-11,13,16H,3-4,8H2,1-2H3. The lowest BCUT2D eigenvalue weighted by atomic mass is 10.1. The van der Waals surface area contributed by atoms with Crippen molar-refractivity contribution in [3.05, 3.63) is 48.3 Å². The highest BCUT2D eigenvalue weighted by molar-refractivity contribution is 5.18. The van der Waals surface area contributed by atoms with Crippen molar-refractivity contribution in [2.75, 3.05) is 6.54 Å². The fourth-order valence-electron chi connectivity index (χ4n) is 2.01. The van der Waals surface area contributed by atoms with E-state index in [1.54, 1.807) is 0 Å². The molecule has 0 saturated heterocycles. The third kappa shape index (κ3) is 2.76. The molecule has 0 fully saturated rings. The maximum absolute atomic E-state index is 4.48. The van der Waals surface area contributed by atoms with Crippen LogP contribution in [0.15, 0.2) is 36.8 Å². The summed E-state index contributed by atoms with van der Waals surface area (Å²) in [5.41, 5.74) is 1.02. The number of aryl methyl sites for hydroxylation is 1. The minimum absolute atomic E-state index is 0.0705. The summed E-state index contributed by atoms with van der Waals surface area (Å²) in [6.45, 7) is 6.17. The van der Waals surface area contributed by atoms with E-state index in [2.05, 4.69) is 33.7 Å². The molecule has 0 aromatic carbocycles. The maximum Gasteiger partial charge on any atom is 0.132 e. The van der Waals surface area contributed by atoms with Gasteiger partial charge in [-0.25, -0.2) is 4.98 Å². The molecule has 2 heterocycles. The van der Waals surface area contributed by atoms with Crippen LogP contribution in [0.5, 0.6) is 0 Å². The van der Waals surface area contributed by atoms with Gasteiger partial charge in [0.05, 0.1) is 5.69 Å². The van der Waals surface area contributed by atoms with Crippen LogP contribution in [0.2, 0.25) is 0 Å². The van der Waals surface area contributed by atoms with Crippen LogP contribution in [0, 0.1) is 0 Å². The van der Waals surface area contributed by atoms with Gasteiger partial charge in [0.15, 0.2) is 0 Å². The number of imidazole rings is 1. The third-order valence-electron chi connectivity index (χ3n) is 2.93. The molecule has 0 radical (unpaired) electrons. The fourth-order valence-corrected chi connectivity index (χ4v) is 2.01. The topological polar surface area (TPSA) is 42.7 Å². The summed E-state index contributed by atoms with van der Waals surface area (Å²) in [5.74, 6) is 1.03. The quantitative estimate of drug-likeness (QED) is 0.848. The smallest absolute Gasteiger partial charge is 0.132 e. The van der Waals surface area contributed by atoms with Crippen LogP contribution in [-0.2, 0) is 6.54 Å². The van der Waals surface area contributed by atoms with Gasteiger partial charge in [0.2, 0.25) is 0 Å². The molecule has 0 bridgehead atoms. The van der Waals surface area contributed by atoms with Crippen molar-refractivity contribution in [2.24, 2.45) is 0 Å². The van der Waals surface area contributed by atoms with Crippen molar-refractivity contribution in [2.45, 2.75) is 32.9 Å². The molecule has 0 spiro atoms. The number of pyridine rings is 1. The molecule has 1 unspecified atom stereocenters. The summed E-state index contributed by atoms with van der Waals surface area (Å²) in [4.78, 5) is 8.92. The van der Waals surface area contributed by atoms with Gasteiger partial charge in [-0.3, -0.25) is 4.98 Å². The number of hydrogen-bond donors (Lipinski definition) is 1. The summed E-state index contributed by atoms with van der Waals surface area (Å²) >= 11 is 0. The summed E-state index contributed by atoms with van der Waals surface area (Å²) in [6.07, 6.45) is 6.78. The van der Waals surface area contributed by atoms with Crippen LogP contribution in [0.1, 0.15) is 37.8 Å². The van der Waals surface area contributed by atoms with Crippen LogP contribution in [0.4, 0.5) is 0 Å². The average molecular weight is 244 g/mol. The third-order valence-corrected chi connectivity index (χ3v) is 2.93. The first-order valence-electron chi connectivity index (χ1n) is 6.52. The summed E-state index contributed by atoms with van der Waals surface area (Å²) in [5, 5.41) is 3.52. The minimum atomic E-state index is 0.0705. The maximum atomic E-state index is 4.48. The molecule has 0 aliphatic carbocycles. The molecule has 1 N–H and O–H groups in total. The van der Waals surface area contributed by atoms with E-state index in [0.717, 1.165) is 31.0 Å². The zero-order valence-corrected chi connectivity index (χ0v) is 11.0. The Morgan fingerprint density at radius 2 is 2.11 bits per heavy atom. The Labute approximate surface area is 108 Å². The van der Waals surface area contributed by atoms with Crippen molar-refractivity contribution in [3.63, 3.8) is 0 Å². The van der Waals surface area contributed by atoms with Crippen LogP contribution in [0.25, 0.3) is 0 Å². The second-order valence-electron chi connectivity index (χ2n) is 4.21. The van der Waals surface area contributed by atoms with Gasteiger partial charge in [-0.05, 0) is 32.0 Å². The molecule has 1 atom stereocenters. The second-order valence-corrected chi connectivity index (χ2v) is 4.21. The molecule has 0 aliphatic rings. The molecule has 2 rings (SSSR count). The van der Waals surface area contributed by atoms with E-state index in [-0.39, 0.29) is 6.04 Å². The van der Waals surface area contributed by atoms with Crippen molar-refractivity contribution >= 4 is 0 Å². The molecule has 96 valence electrons. The van der Waals surface area contributed by atoms with Gasteiger partial charge in [-0.15, -0.1) is 0 Å². The zero-order chi connectivity index (χ0) is 12.8. The largest absolute Gasteiger partial charge is 0.334 e. The minimum Gasteiger partial charge on any atom is -0.334 e. The molecule has 0 saturated carbocycles. The van der Waals surface area contributed by atoms with E-state index in [0.29, 0.717) is 0 Å². The van der Waals surface area contributed by atoms with Gasteiger partial charge < -0.3 is 9.88 Å². The normalized spacial score (nSPS) is 12.6. The molecule has 0 amide bonds. The van der Waals surface area contributed by atoms with Crippen molar-refractivity contribution < 1.29 is 0 Å². The highest BCUT2D eigenvalue weighted by Gasteiger charge is 2.18. The first kappa shape index (κ1) is 12.8. The van der Waals surface area contributed by atoms with Gasteiger partial charge in [0, 0.05) is 25.1 Å². The molecular weight excluding hydrogens is 224 g/mol. The Balaban J connectivity index is 2.31. The molecule has 4 nitrogen and oxygen atoms in total. The number of rotatable bonds is 6. The average Bonchev–Trinajstić information content (AvgIpc) is 2.89. The number of aromatic nitrogens is 3. The Bertz CT molecular complexity index is 464. The van der Waals surface area contributed by atoms with E-state index >= 15 is 0 Å². The van der Waals surface area contributed by atoms with Crippen LogP contribution in [-0.4, -0.2) is 21.1 Å². The highest BCUT2D eigenvalue weighted by atomic mass is 15.1. The van der Waals surface area contributed by atoms with E-state index in [1.807, 2.05) is 36.8 Å². The predicted octanol–water partition coefficient (Wildman–Crippen LogP) is 2.39. The lowest BCUT2D eigenvalue weighted by Crippen LogP contribution is -2.26. The van der Waals surface area contributed by atoms with Crippen LogP contribution >= 0.6 is 0 Å². The van der Waals surface area contributed by atoms with E-state index in [1.165, 1.54) is 0 Å². The molecule has 18 heavy (non-hydrogen) atoms. The second kappa shape index (κ2) is 6.31. The van der Waals surface area contributed by atoms with Crippen LogP contribution < -0.4 is 5.32 Å². The SMILES string of the molecule is CCCNC(c1ccccn1)c1nccn1CC. The van der Waals surface area contributed by atoms with Crippen LogP contribution in [0.3, 0.4) is 0 Å². The Morgan fingerprint density at radius 3 is 2.78 bits per heavy atom. The number of nitrogens with zero attached hydrogens (tertiary/aromatic N) is 3. The van der Waals surface area contributed by atoms with Crippen molar-refractivity contribution in [1.82, 2.24) is 19.9 Å². The lowest BCUT2D eigenvalue weighted by molar-refractivity contribution is 0.532. The summed E-state index contributed by atoms with van der Waals surface area (Å²) in [6, 6.07) is 6.07. The highest BCUT2D eigenvalue weighted by Crippen LogP contribution is 2.18. The molecule has 4 heteroatoms. The molecular formula is C14H20N4. The van der Waals surface area contributed by atoms with Gasteiger partial charge in [-0.1, -0.05) is 13.0 Å². The Hall–Kier alpha value is -1.68. The van der Waals surface area contributed by atoms with Gasteiger partial charge in [0.25, 0.3) is 0 Å². The first-order valence-corrected chi connectivity index (χ1v) is 6.52. The fraction of sp³-hybridized carbons (Fsp3) is 0.429. The molecule has 2 aromatic rings. The summed E-state index contributed by atoms with van der Waals surface area (Å²) in [7, 11) is 0. The van der Waals surface area contributed by atoms with Gasteiger partial charge in [-0.2, -0.15) is 0 Å². The van der Waals surface area contributed by atoms with Crippen molar-refractivity contribution in [3.8, 4) is 0 Å². The molecule has 2 aromatic heterocycles. The number of nitrogens with one attached hydrogen (secondary N) is 1. The van der Waals surface area contributed by atoms with Gasteiger partial charge in [0.1, 0.15) is 11.9 Å². The lowest BCUT2D eigenvalue weighted by Gasteiger charge is -2.18.